The molecule has 0 spiro atoms. The van der Waals surface area contributed by atoms with Crippen LogP contribution in [0.15, 0.2) is 29.2 Å². The molecule has 2 aromatic rings. The normalized spacial score (nSPS) is 14.1. The molecule has 0 atom stereocenters. The fourth-order valence-electron chi connectivity index (χ4n) is 2.45. The molecule has 0 aliphatic heterocycles. The summed E-state index contributed by atoms with van der Waals surface area (Å²) in [7, 11) is 0. The molecule has 1 aliphatic carbocycles. The molecule has 1 aromatic carbocycles. The quantitative estimate of drug-likeness (QED) is 0.671. The molecule has 3 rings (SSSR count). The van der Waals surface area contributed by atoms with Crippen LogP contribution in [0.25, 0.3) is 0 Å². The van der Waals surface area contributed by atoms with Gasteiger partial charge in [0.25, 0.3) is 0 Å². The highest BCUT2D eigenvalue weighted by Crippen LogP contribution is 2.24. The first-order chi connectivity index (χ1) is 9.72. The minimum absolute atomic E-state index is 0.207. The molecular weight excluding hydrogens is 291 g/mol. The van der Waals surface area contributed by atoms with Crippen LogP contribution in [0.2, 0.25) is 0 Å². The lowest BCUT2D eigenvalue weighted by atomic mass is 9.97. The molecule has 0 radical (unpaired) electrons. The van der Waals surface area contributed by atoms with Crippen molar-refractivity contribution >= 4 is 24.0 Å². The molecule has 104 valence electrons. The summed E-state index contributed by atoms with van der Waals surface area (Å²) in [6.07, 6.45) is 4.50. The van der Waals surface area contributed by atoms with Crippen molar-refractivity contribution in [2.75, 3.05) is 0 Å². The van der Waals surface area contributed by atoms with Crippen molar-refractivity contribution in [1.29, 1.82) is 0 Å². The smallest absolute Gasteiger partial charge is 0.133 e. The van der Waals surface area contributed by atoms with Crippen molar-refractivity contribution in [2.45, 2.75) is 36.3 Å². The van der Waals surface area contributed by atoms with Gasteiger partial charge in [0.05, 0.1) is 5.75 Å². The Labute approximate surface area is 126 Å². The maximum atomic E-state index is 13.1. The van der Waals surface area contributed by atoms with Gasteiger partial charge in [0.15, 0.2) is 0 Å². The van der Waals surface area contributed by atoms with E-state index in [4.69, 9.17) is 12.2 Å². The molecule has 5 heteroatoms. The number of H-pyrrole nitrogens is 1. The largest absolute Gasteiger partial charge is 0.346 e. The van der Waals surface area contributed by atoms with Gasteiger partial charge < -0.3 is 4.98 Å². The number of hydrogen-bond donors (Lipinski definition) is 1. The van der Waals surface area contributed by atoms with Gasteiger partial charge in [-0.25, -0.2) is 9.37 Å². The number of hydrogen-bond acceptors (Lipinski definition) is 3. The number of thioether (sulfide) groups is 1. The Hall–Kier alpha value is -1.20. The zero-order chi connectivity index (χ0) is 13.9. The summed E-state index contributed by atoms with van der Waals surface area (Å²) >= 11 is 6.94. The molecule has 0 fully saturated rings. The van der Waals surface area contributed by atoms with Gasteiger partial charge in [0.2, 0.25) is 0 Å². The van der Waals surface area contributed by atoms with Gasteiger partial charge in [-0.2, -0.15) is 0 Å². The fourth-order valence-corrected chi connectivity index (χ4v) is 3.59. The number of nitrogens with one attached hydrogen (secondary N) is 1. The maximum absolute atomic E-state index is 13.1. The van der Waals surface area contributed by atoms with Crippen LogP contribution in [0.1, 0.15) is 29.9 Å². The van der Waals surface area contributed by atoms with Crippen molar-refractivity contribution in [1.82, 2.24) is 9.97 Å². The Bertz CT molecular complexity index is 682. The second kappa shape index (κ2) is 6.06. The Morgan fingerprint density at radius 3 is 3.00 bits per heavy atom. The van der Waals surface area contributed by atoms with E-state index in [2.05, 4.69) is 9.97 Å². The molecule has 1 aromatic heterocycles. The molecule has 1 heterocycles. The molecule has 2 nitrogen and oxygen atoms in total. The van der Waals surface area contributed by atoms with Gasteiger partial charge >= 0.3 is 0 Å². The van der Waals surface area contributed by atoms with Gasteiger partial charge in [0, 0.05) is 16.2 Å². The summed E-state index contributed by atoms with van der Waals surface area (Å²) in [6, 6.07) is 6.62. The number of rotatable bonds is 3. The average Bonchev–Trinajstić information content (AvgIpc) is 2.45. The van der Waals surface area contributed by atoms with Crippen molar-refractivity contribution in [3.63, 3.8) is 0 Å². The van der Waals surface area contributed by atoms with Crippen LogP contribution in [-0.4, -0.2) is 9.97 Å². The minimum Gasteiger partial charge on any atom is -0.346 e. The fraction of sp³-hybridized carbons (Fsp3) is 0.333. The molecule has 0 saturated heterocycles. The number of halogens is 1. The van der Waals surface area contributed by atoms with E-state index < -0.39 is 0 Å². The van der Waals surface area contributed by atoms with E-state index >= 15 is 0 Å². The molecule has 0 saturated carbocycles. The van der Waals surface area contributed by atoms with Crippen LogP contribution in [0.4, 0.5) is 4.39 Å². The standard InChI is InChI=1S/C15H15FN2S2/c16-10-4-3-5-11(8-10)20-9-14-17-13-7-2-1-6-12(13)15(19)18-14/h3-5,8H,1-2,6-7,9H2,(H,17,18,19). The second-order valence-corrected chi connectivity index (χ2v) is 6.33. The molecule has 0 unspecified atom stereocenters. The predicted molar refractivity (Wildman–Crippen MR) is 82.0 cm³/mol. The molecule has 1 aliphatic rings. The Balaban J connectivity index is 1.78. The van der Waals surface area contributed by atoms with Crippen molar-refractivity contribution in [3.8, 4) is 0 Å². The van der Waals surface area contributed by atoms with Crippen molar-refractivity contribution in [2.24, 2.45) is 0 Å². The first-order valence-corrected chi connectivity index (χ1v) is 8.11. The topological polar surface area (TPSA) is 28.7 Å². The lowest BCUT2D eigenvalue weighted by molar-refractivity contribution is 0.624. The molecular formula is C15H15FN2S2. The predicted octanol–water partition coefficient (Wildman–Crippen LogP) is 4.45. The van der Waals surface area contributed by atoms with Crippen molar-refractivity contribution < 1.29 is 4.39 Å². The third-order valence-corrected chi connectivity index (χ3v) is 4.77. The molecule has 1 N–H and O–H groups in total. The number of nitrogens with zero attached hydrogens (tertiary/aromatic N) is 1. The monoisotopic (exact) mass is 306 g/mol. The van der Waals surface area contributed by atoms with Crippen LogP contribution >= 0.6 is 24.0 Å². The van der Waals surface area contributed by atoms with Crippen LogP contribution in [0.3, 0.4) is 0 Å². The van der Waals surface area contributed by atoms with E-state index in [1.165, 1.54) is 36.2 Å². The first kappa shape index (κ1) is 13.8. The van der Waals surface area contributed by atoms with Gasteiger partial charge in [-0.3, -0.25) is 0 Å². The Morgan fingerprint density at radius 2 is 2.15 bits per heavy atom. The number of benzene rings is 1. The zero-order valence-corrected chi connectivity index (χ0v) is 12.6. The third kappa shape index (κ3) is 3.10. The van der Waals surface area contributed by atoms with Crippen LogP contribution in [0, 0.1) is 10.5 Å². The summed E-state index contributed by atoms with van der Waals surface area (Å²) in [5.41, 5.74) is 2.46. The maximum Gasteiger partial charge on any atom is 0.133 e. The van der Waals surface area contributed by atoms with Gasteiger partial charge in [-0.05, 0) is 43.9 Å². The lowest BCUT2D eigenvalue weighted by Gasteiger charge is -2.16. The van der Waals surface area contributed by atoms with Gasteiger partial charge in [-0.1, -0.05) is 18.3 Å². The highest BCUT2D eigenvalue weighted by Gasteiger charge is 2.13. The Kier molecular flexibility index (Phi) is 4.17. The SMILES string of the molecule is Fc1cccc(SCc2nc(=S)c3c([nH]2)CCCC3)c1. The van der Waals surface area contributed by atoms with Crippen molar-refractivity contribution in [3.05, 3.63) is 51.8 Å². The van der Waals surface area contributed by atoms with Crippen LogP contribution < -0.4 is 0 Å². The van der Waals surface area contributed by atoms with Gasteiger partial charge in [-0.15, -0.1) is 11.8 Å². The number of aryl methyl sites for hydroxylation is 1. The van der Waals surface area contributed by atoms with E-state index in [1.807, 2.05) is 6.07 Å². The lowest BCUT2D eigenvalue weighted by Crippen LogP contribution is -2.09. The van der Waals surface area contributed by atoms with E-state index in [9.17, 15) is 4.39 Å². The minimum atomic E-state index is -0.207. The van der Waals surface area contributed by atoms with Gasteiger partial charge in [0.1, 0.15) is 16.3 Å². The molecule has 0 bridgehead atoms. The highest BCUT2D eigenvalue weighted by molar-refractivity contribution is 7.98. The summed E-state index contributed by atoms with van der Waals surface area (Å²) in [5, 5.41) is 0. The highest BCUT2D eigenvalue weighted by atomic mass is 32.2. The number of aromatic amines is 1. The summed E-state index contributed by atoms with van der Waals surface area (Å²) in [5.74, 6) is 1.35. The summed E-state index contributed by atoms with van der Waals surface area (Å²) in [6.45, 7) is 0. The Morgan fingerprint density at radius 1 is 1.30 bits per heavy atom. The summed E-state index contributed by atoms with van der Waals surface area (Å²) < 4.78 is 13.9. The van der Waals surface area contributed by atoms with Crippen LogP contribution in [-0.2, 0) is 18.6 Å². The number of aromatic nitrogens is 2. The second-order valence-electron chi connectivity index (χ2n) is 4.90. The van der Waals surface area contributed by atoms with E-state index in [0.29, 0.717) is 5.75 Å². The third-order valence-electron chi connectivity index (χ3n) is 3.43. The molecule has 20 heavy (non-hydrogen) atoms. The molecule has 0 amide bonds. The van der Waals surface area contributed by atoms with E-state index in [-0.39, 0.29) is 5.82 Å². The summed E-state index contributed by atoms with van der Waals surface area (Å²) in [4.78, 5) is 8.77. The van der Waals surface area contributed by atoms with E-state index in [0.717, 1.165) is 28.2 Å². The van der Waals surface area contributed by atoms with E-state index in [1.54, 1.807) is 17.8 Å². The number of fused-ring (bicyclic) bond motifs is 1. The average molecular weight is 306 g/mol. The first-order valence-electron chi connectivity index (χ1n) is 6.72. The zero-order valence-electron chi connectivity index (χ0n) is 11.0. The van der Waals surface area contributed by atoms with Crippen LogP contribution in [0.5, 0.6) is 0 Å².